The Morgan fingerprint density at radius 3 is 1.86 bits per heavy atom. The van der Waals surface area contributed by atoms with Gasteiger partial charge in [-0.2, -0.15) is 0 Å². The van der Waals surface area contributed by atoms with E-state index in [4.69, 9.17) is 11.6 Å². The van der Waals surface area contributed by atoms with Gasteiger partial charge in [0.15, 0.2) is 0 Å². The first-order valence-corrected chi connectivity index (χ1v) is 6.69. The molecule has 21 heavy (non-hydrogen) atoms. The molecule has 1 nitrogen and oxygen atoms in total. The van der Waals surface area contributed by atoms with Crippen LogP contribution in [-0.2, 0) is 0 Å². The van der Waals surface area contributed by atoms with E-state index < -0.39 is 0 Å². The van der Waals surface area contributed by atoms with Crippen molar-refractivity contribution in [2.45, 2.75) is 0 Å². The maximum Gasteiger partial charge on any atom is 0.123 e. The van der Waals surface area contributed by atoms with Crippen molar-refractivity contribution < 1.29 is 8.78 Å². The molecule has 0 N–H and O–H groups in total. The molecule has 0 unspecified atom stereocenters. The Balaban J connectivity index is 2.17. The summed E-state index contributed by atoms with van der Waals surface area (Å²) in [5.41, 5.74) is 3.01. The third kappa shape index (κ3) is 2.93. The van der Waals surface area contributed by atoms with Gasteiger partial charge in [0.05, 0.1) is 10.7 Å². The first-order chi connectivity index (χ1) is 10.1. The molecule has 0 saturated carbocycles. The van der Waals surface area contributed by atoms with Crippen LogP contribution in [0, 0.1) is 11.6 Å². The van der Waals surface area contributed by atoms with E-state index in [-0.39, 0.29) is 11.6 Å². The zero-order chi connectivity index (χ0) is 14.8. The van der Waals surface area contributed by atoms with E-state index in [9.17, 15) is 8.78 Å². The molecule has 104 valence electrons. The fourth-order valence-electron chi connectivity index (χ4n) is 2.13. The van der Waals surface area contributed by atoms with E-state index >= 15 is 0 Å². The molecule has 1 aromatic heterocycles. The van der Waals surface area contributed by atoms with E-state index in [0.717, 1.165) is 16.7 Å². The summed E-state index contributed by atoms with van der Waals surface area (Å²) in [7, 11) is 0. The lowest BCUT2D eigenvalue weighted by atomic mass is 9.99. The van der Waals surface area contributed by atoms with Gasteiger partial charge in [0, 0.05) is 17.3 Å². The Hall–Kier alpha value is -2.26. The molecule has 3 aromatic rings. The van der Waals surface area contributed by atoms with Crippen LogP contribution in [0.5, 0.6) is 0 Å². The third-order valence-corrected chi connectivity index (χ3v) is 3.33. The van der Waals surface area contributed by atoms with Gasteiger partial charge in [0.2, 0.25) is 0 Å². The smallest absolute Gasteiger partial charge is 0.123 e. The number of halogens is 3. The summed E-state index contributed by atoms with van der Waals surface area (Å²) in [6.07, 6.45) is 1.53. The molecule has 0 aliphatic rings. The van der Waals surface area contributed by atoms with E-state index in [1.807, 2.05) is 0 Å². The predicted molar refractivity (Wildman–Crippen MR) is 80.0 cm³/mol. The highest BCUT2D eigenvalue weighted by atomic mass is 35.5. The van der Waals surface area contributed by atoms with Crippen LogP contribution in [0.25, 0.3) is 22.4 Å². The monoisotopic (exact) mass is 301 g/mol. The quantitative estimate of drug-likeness (QED) is 0.622. The van der Waals surface area contributed by atoms with Crippen LogP contribution in [-0.4, -0.2) is 4.98 Å². The lowest BCUT2D eigenvalue weighted by Gasteiger charge is -2.10. The number of pyridine rings is 1. The van der Waals surface area contributed by atoms with Crippen molar-refractivity contribution >= 4 is 11.6 Å². The molecule has 0 radical (unpaired) electrons. The van der Waals surface area contributed by atoms with Crippen molar-refractivity contribution in [1.29, 1.82) is 0 Å². The molecule has 0 amide bonds. The number of hydrogen-bond acceptors (Lipinski definition) is 1. The van der Waals surface area contributed by atoms with Crippen molar-refractivity contribution in [1.82, 2.24) is 4.98 Å². The first kappa shape index (κ1) is 13.7. The van der Waals surface area contributed by atoms with Crippen molar-refractivity contribution in [2.75, 3.05) is 0 Å². The van der Waals surface area contributed by atoms with Crippen LogP contribution in [0.1, 0.15) is 0 Å². The van der Waals surface area contributed by atoms with Gasteiger partial charge in [-0.15, -0.1) is 0 Å². The third-order valence-electron chi connectivity index (χ3n) is 3.13. The first-order valence-electron chi connectivity index (χ1n) is 6.31. The lowest BCUT2D eigenvalue weighted by molar-refractivity contribution is 0.627. The minimum Gasteiger partial charge on any atom is -0.254 e. The van der Waals surface area contributed by atoms with E-state index in [1.54, 1.807) is 30.3 Å². The number of nitrogens with zero attached hydrogens (tertiary/aromatic N) is 1. The van der Waals surface area contributed by atoms with Gasteiger partial charge in [0.1, 0.15) is 11.6 Å². The zero-order valence-corrected chi connectivity index (χ0v) is 11.6. The second kappa shape index (κ2) is 5.62. The standard InChI is InChI=1S/C17H10ClF2N/c18-13-9-16(11-1-5-14(19)6-2-11)17(21-10-13)12-3-7-15(20)8-4-12/h1-10H. The Kier molecular flexibility index (Phi) is 3.67. The largest absolute Gasteiger partial charge is 0.254 e. The molecule has 0 aliphatic heterocycles. The lowest BCUT2D eigenvalue weighted by Crippen LogP contribution is -1.90. The topological polar surface area (TPSA) is 12.9 Å². The molecule has 1 heterocycles. The molecule has 0 fully saturated rings. The maximum absolute atomic E-state index is 13.1. The summed E-state index contributed by atoms with van der Waals surface area (Å²) in [4.78, 5) is 4.33. The van der Waals surface area contributed by atoms with Crippen LogP contribution in [0.4, 0.5) is 8.78 Å². The van der Waals surface area contributed by atoms with Gasteiger partial charge in [-0.1, -0.05) is 23.7 Å². The van der Waals surface area contributed by atoms with Crippen LogP contribution >= 0.6 is 11.6 Å². The molecule has 3 rings (SSSR count). The van der Waals surface area contributed by atoms with Gasteiger partial charge in [-0.3, -0.25) is 4.98 Å². The average molecular weight is 302 g/mol. The fourth-order valence-corrected chi connectivity index (χ4v) is 2.28. The van der Waals surface area contributed by atoms with Crippen LogP contribution < -0.4 is 0 Å². The molecule has 0 aliphatic carbocycles. The summed E-state index contributed by atoms with van der Waals surface area (Å²) >= 11 is 6.01. The van der Waals surface area contributed by atoms with Crippen molar-refractivity contribution in [3.05, 3.63) is 77.5 Å². The van der Waals surface area contributed by atoms with Crippen LogP contribution in [0.3, 0.4) is 0 Å². The molecular formula is C17H10ClF2N. The SMILES string of the molecule is Fc1ccc(-c2cc(Cl)cnc2-c2ccc(F)cc2)cc1. The zero-order valence-electron chi connectivity index (χ0n) is 10.9. The number of benzene rings is 2. The minimum atomic E-state index is -0.309. The molecule has 0 bridgehead atoms. The average Bonchev–Trinajstić information content (AvgIpc) is 2.49. The molecule has 0 atom stereocenters. The van der Waals surface area contributed by atoms with Gasteiger partial charge in [-0.05, 0) is 48.0 Å². The summed E-state index contributed by atoms with van der Waals surface area (Å²) in [5.74, 6) is -0.617. The van der Waals surface area contributed by atoms with Gasteiger partial charge in [0.25, 0.3) is 0 Å². The Morgan fingerprint density at radius 1 is 0.762 bits per heavy atom. The summed E-state index contributed by atoms with van der Waals surface area (Å²) in [6.45, 7) is 0. The van der Waals surface area contributed by atoms with Crippen molar-refractivity contribution in [3.63, 3.8) is 0 Å². The van der Waals surface area contributed by atoms with Crippen LogP contribution in [0.2, 0.25) is 5.02 Å². The van der Waals surface area contributed by atoms with Crippen molar-refractivity contribution in [2.24, 2.45) is 0 Å². The fraction of sp³-hybridized carbons (Fsp3) is 0. The maximum atomic E-state index is 13.1. The normalized spacial score (nSPS) is 10.6. The number of aromatic nitrogens is 1. The van der Waals surface area contributed by atoms with E-state index in [1.165, 1.54) is 30.5 Å². The van der Waals surface area contributed by atoms with Crippen LogP contribution in [0.15, 0.2) is 60.8 Å². The molecule has 2 aromatic carbocycles. The Bertz CT molecular complexity index is 768. The molecule has 4 heteroatoms. The molecular weight excluding hydrogens is 292 g/mol. The van der Waals surface area contributed by atoms with Gasteiger partial charge < -0.3 is 0 Å². The molecule has 0 saturated heterocycles. The molecule has 0 spiro atoms. The highest BCUT2D eigenvalue weighted by Gasteiger charge is 2.10. The second-order valence-electron chi connectivity index (χ2n) is 4.56. The minimum absolute atomic E-state index is 0.308. The number of hydrogen-bond donors (Lipinski definition) is 0. The Morgan fingerprint density at radius 2 is 1.29 bits per heavy atom. The number of rotatable bonds is 2. The predicted octanol–water partition coefficient (Wildman–Crippen LogP) is 5.35. The highest BCUT2D eigenvalue weighted by molar-refractivity contribution is 6.30. The van der Waals surface area contributed by atoms with Gasteiger partial charge >= 0.3 is 0 Å². The summed E-state index contributed by atoms with van der Waals surface area (Å²) in [6, 6.07) is 13.9. The van der Waals surface area contributed by atoms with E-state index in [2.05, 4.69) is 4.98 Å². The highest BCUT2D eigenvalue weighted by Crippen LogP contribution is 2.32. The summed E-state index contributed by atoms with van der Waals surface area (Å²) < 4.78 is 26.1. The second-order valence-corrected chi connectivity index (χ2v) is 5.00. The van der Waals surface area contributed by atoms with Crippen molar-refractivity contribution in [3.8, 4) is 22.4 Å². The van der Waals surface area contributed by atoms with E-state index in [0.29, 0.717) is 10.7 Å². The van der Waals surface area contributed by atoms with Gasteiger partial charge in [-0.25, -0.2) is 8.78 Å². The Labute approximate surface area is 125 Å². The summed E-state index contributed by atoms with van der Waals surface area (Å²) in [5, 5.41) is 0.486.